The summed E-state index contributed by atoms with van der Waals surface area (Å²) in [6, 6.07) is 0. The molecule has 0 aromatic carbocycles. The summed E-state index contributed by atoms with van der Waals surface area (Å²) in [6.07, 6.45) is 0.913. The van der Waals surface area contributed by atoms with E-state index in [2.05, 4.69) is 4.74 Å². The molecule has 0 aromatic heterocycles. The molecule has 0 fully saturated rings. The highest BCUT2D eigenvalue weighted by Gasteiger charge is 2.21. The van der Waals surface area contributed by atoms with E-state index in [9.17, 15) is 14.4 Å². The van der Waals surface area contributed by atoms with Crippen LogP contribution in [0.25, 0.3) is 0 Å². The summed E-state index contributed by atoms with van der Waals surface area (Å²) in [5.74, 6) is -1.51. The standard InChI is InChI=1S/C5H3NO4/c7-2-10-3-1-4(8)6-5(3)9/h1-2H,(H,6,8,9). The zero-order valence-corrected chi connectivity index (χ0v) is 4.79. The lowest BCUT2D eigenvalue weighted by atomic mass is 10.5. The molecule has 5 heteroatoms. The van der Waals surface area contributed by atoms with Crippen LogP contribution in [0.15, 0.2) is 11.8 Å². The fourth-order valence-electron chi connectivity index (χ4n) is 0.534. The van der Waals surface area contributed by atoms with Gasteiger partial charge in [0, 0.05) is 0 Å². The van der Waals surface area contributed by atoms with Crippen LogP contribution < -0.4 is 5.32 Å². The molecule has 52 valence electrons. The first-order chi connectivity index (χ1) is 4.74. The lowest BCUT2D eigenvalue weighted by molar-refractivity contribution is -0.132. The summed E-state index contributed by atoms with van der Waals surface area (Å²) in [5, 5.41) is 1.90. The Bertz CT molecular complexity index is 230. The second-order valence-electron chi connectivity index (χ2n) is 1.54. The van der Waals surface area contributed by atoms with Crippen LogP contribution in [-0.2, 0) is 19.1 Å². The van der Waals surface area contributed by atoms with E-state index in [-0.39, 0.29) is 12.2 Å². The van der Waals surface area contributed by atoms with Crippen LogP contribution in [0.4, 0.5) is 0 Å². The maximum absolute atomic E-state index is 10.5. The minimum Gasteiger partial charge on any atom is -0.423 e. The zero-order chi connectivity index (χ0) is 7.56. The fourth-order valence-corrected chi connectivity index (χ4v) is 0.534. The Morgan fingerprint density at radius 1 is 1.50 bits per heavy atom. The molecule has 0 atom stereocenters. The van der Waals surface area contributed by atoms with Gasteiger partial charge in [-0.2, -0.15) is 0 Å². The van der Waals surface area contributed by atoms with Crippen molar-refractivity contribution in [2.24, 2.45) is 0 Å². The van der Waals surface area contributed by atoms with E-state index in [0.717, 1.165) is 6.08 Å². The number of rotatable bonds is 2. The SMILES string of the molecule is O=COC1=CC(=O)NC1=O. The largest absolute Gasteiger partial charge is 0.423 e. The Kier molecular flexibility index (Phi) is 1.49. The predicted molar refractivity (Wildman–Crippen MR) is 28.4 cm³/mol. The summed E-state index contributed by atoms with van der Waals surface area (Å²) in [5.41, 5.74) is 0. The number of hydrogen-bond acceptors (Lipinski definition) is 4. The second-order valence-corrected chi connectivity index (χ2v) is 1.54. The molecule has 1 rings (SSSR count). The van der Waals surface area contributed by atoms with Crippen molar-refractivity contribution >= 4 is 18.3 Å². The van der Waals surface area contributed by atoms with Crippen LogP contribution in [-0.4, -0.2) is 18.3 Å². The highest BCUT2D eigenvalue weighted by atomic mass is 16.5. The maximum Gasteiger partial charge on any atom is 0.298 e. The van der Waals surface area contributed by atoms with Crippen molar-refractivity contribution in [3.8, 4) is 0 Å². The minimum atomic E-state index is -0.683. The number of imide groups is 1. The molecule has 1 aliphatic heterocycles. The van der Waals surface area contributed by atoms with Crippen LogP contribution in [0.3, 0.4) is 0 Å². The molecule has 0 saturated heterocycles. The van der Waals surface area contributed by atoms with Crippen LogP contribution in [0.1, 0.15) is 0 Å². The predicted octanol–water partition coefficient (Wildman–Crippen LogP) is -1.30. The Balaban J connectivity index is 2.74. The molecule has 10 heavy (non-hydrogen) atoms. The minimum absolute atomic E-state index is 0.0873. The monoisotopic (exact) mass is 141 g/mol. The zero-order valence-electron chi connectivity index (χ0n) is 4.79. The third kappa shape index (κ3) is 1.02. The van der Waals surface area contributed by atoms with E-state index in [1.54, 1.807) is 0 Å². The van der Waals surface area contributed by atoms with Gasteiger partial charge in [0.25, 0.3) is 18.3 Å². The maximum atomic E-state index is 10.5. The van der Waals surface area contributed by atoms with Gasteiger partial charge in [0.1, 0.15) is 0 Å². The number of nitrogens with one attached hydrogen (secondary N) is 1. The molecule has 0 aliphatic carbocycles. The first-order valence-corrected chi connectivity index (χ1v) is 2.41. The van der Waals surface area contributed by atoms with E-state index in [1.807, 2.05) is 5.32 Å². The summed E-state index contributed by atoms with van der Waals surface area (Å²) >= 11 is 0. The van der Waals surface area contributed by atoms with E-state index < -0.39 is 11.8 Å². The Labute approximate surface area is 55.7 Å². The number of carbonyl (C=O) groups excluding carboxylic acids is 3. The topological polar surface area (TPSA) is 72.5 Å². The van der Waals surface area contributed by atoms with Gasteiger partial charge in [-0.15, -0.1) is 0 Å². The molecular formula is C5H3NO4. The Morgan fingerprint density at radius 3 is 2.60 bits per heavy atom. The molecule has 0 radical (unpaired) electrons. The molecule has 0 unspecified atom stereocenters. The van der Waals surface area contributed by atoms with Gasteiger partial charge in [-0.05, 0) is 0 Å². The average molecular weight is 141 g/mol. The van der Waals surface area contributed by atoms with Crippen molar-refractivity contribution in [1.29, 1.82) is 0 Å². The van der Waals surface area contributed by atoms with Gasteiger partial charge >= 0.3 is 0 Å². The van der Waals surface area contributed by atoms with E-state index in [1.165, 1.54) is 0 Å². The summed E-state index contributed by atoms with van der Waals surface area (Å²) in [4.78, 5) is 30.5. The number of ether oxygens (including phenoxy) is 1. The van der Waals surface area contributed by atoms with E-state index in [0.29, 0.717) is 0 Å². The Morgan fingerprint density at radius 2 is 2.20 bits per heavy atom. The van der Waals surface area contributed by atoms with Gasteiger partial charge in [0.15, 0.2) is 0 Å². The normalized spacial score (nSPS) is 16.2. The van der Waals surface area contributed by atoms with Gasteiger partial charge in [-0.3, -0.25) is 19.7 Å². The van der Waals surface area contributed by atoms with E-state index in [4.69, 9.17) is 0 Å². The van der Waals surface area contributed by atoms with Crippen LogP contribution in [0.2, 0.25) is 0 Å². The molecule has 0 spiro atoms. The van der Waals surface area contributed by atoms with Crippen molar-refractivity contribution in [3.05, 3.63) is 11.8 Å². The van der Waals surface area contributed by atoms with Crippen molar-refractivity contribution < 1.29 is 19.1 Å². The first kappa shape index (κ1) is 6.47. The lowest BCUT2D eigenvalue weighted by Crippen LogP contribution is -2.22. The number of hydrogen-bond donors (Lipinski definition) is 1. The van der Waals surface area contributed by atoms with Crippen molar-refractivity contribution in [1.82, 2.24) is 5.32 Å². The van der Waals surface area contributed by atoms with Crippen molar-refractivity contribution in [2.45, 2.75) is 0 Å². The van der Waals surface area contributed by atoms with Gasteiger partial charge in [0.05, 0.1) is 6.08 Å². The second kappa shape index (κ2) is 2.30. The third-order valence-corrected chi connectivity index (χ3v) is 0.898. The first-order valence-electron chi connectivity index (χ1n) is 2.41. The summed E-state index contributed by atoms with van der Waals surface area (Å²) < 4.78 is 4.13. The van der Waals surface area contributed by atoms with Gasteiger partial charge in [-0.1, -0.05) is 0 Å². The fraction of sp³-hybridized carbons (Fsp3) is 0. The van der Waals surface area contributed by atoms with Gasteiger partial charge < -0.3 is 4.74 Å². The van der Waals surface area contributed by atoms with Crippen molar-refractivity contribution in [2.75, 3.05) is 0 Å². The molecule has 1 heterocycles. The molecule has 1 N–H and O–H groups in total. The van der Waals surface area contributed by atoms with E-state index >= 15 is 0 Å². The summed E-state index contributed by atoms with van der Waals surface area (Å²) in [6.45, 7) is 0.0873. The average Bonchev–Trinajstić information content (AvgIpc) is 2.13. The molecule has 2 amide bonds. The molecular weight excluding hydrogens is 138 g/mol. The molecule has 0 bridgehead atoms. The highest BCUT2D eigenvalue weighted by molar-refractivity contribution is 6.15. The number of carbonyl (C=O) groups is 3. The van der Waals surface area contributed by atoms with Gasteiger partial charge in [-0.25, -0.2) is 0 Å². The number of amides is 2. The smallest absolute Gasteiger partial charge is 0.298 e. The summed E-state index contributed by atoms with van der Waals surface area (Å²) in [7, 11) is 0. The molecule has 5 nitrogen and oxygen atoms in total. The Hall–Kier alpha value is -1.65. The molecule has 0 saturated carbocycles. The van der Waals surface area contributed by atoms with Crippen molar-refractivity contribution in [3.63, 3.8) is 0 Å². The third-order valence-electron chi connectivity index (χ3n) is 0.898. The molecule has 1 aliphatic rings. The molecule has 0 aromatic rings. The quantitative estimate of drug-likeness (QED) is 0.383. The van der Waals surface area contributed by atoms with Crippen LogP contribution >= 0.6 is 0 Å². The van der Waals surface area contributed by atoms with Gasteiger partial charge in [0.2, 0.25) is 5.76 Å². The highest BCUT2D eigenvalue weighted by Crippen LogP contribution is 2.00. The lowest BCUT2D eigenvalue weighted by Gasteiger charge is -1.91. The van der Waals surface area contributed by atoms with Crippen LogP contribution in [0, 0.1) is 0 Å². The van der Waals surface area contributed by atoms with Crippen LogP contribution in [0.5, 0.6) is 0 Å².